The lowest BCUT2D eigenvalue weighted by Crippen LogP contribution is -2.39. The van der Waals surface area contributed by atoms with Crippen molar-refractivity contribution in [2.45, 2.75) is 31.7 Å². The molecule has 0 heterocycles. The Morgan fingerprint density at radius 2 is 1.84 bits per heavy atom. The second kappa shape index (κ2) is 5.18. The predicted octanol–water partition coefficient (Wildman–Crippen LogP) is 3.47. The summed E-state index contributed by atoms with van der Waals surface area (Å²) in [4.78, 5) is 0. The highest BCUT2D eigenvalue weighted by atomic mass is 14.9. The average molecular weight is 251 g/mol. The van der Waals surface area contributed by atoms with Gasteiger partial charge in [-0.1, -0.05) is 48.5 Å². The Morgan fingerprint density at radius 1 is 1.11 bits per heavy atom. The second-order valence-electron chi connectivity index (χ2n) is 5.54. The highest BCUT2D eigenvalue weighted by Gasteiger charge is 2.31. The first-order chi connectivity index (χ1) is 9.29. The van der Waals surface area contributed by atoms with E-state index < -0.39 is 0 Å². The van der Waals surface area contributed by atoms with Gasteiger partial charge in [-0.25, -0.2) is 0 Å². The smallest absolute Gasteiger partial charge is 0.0177 e. The molecule has 1 nitrogen and oxygen atoms in total. The molecule has 19 heavy (non-hydrogen) atoms. The van der Waals surface area contributed by atoms with Gasteiger partial charge in [-0.3, -0.25) is 0 Å². The maximum atomic E-state index is 3.52. The van der Waals surface area contributed by atoms with Crippen LogP contribution in [0.4, 0.5) is 0 Å². The summed E-state index contributed by atoms with van der Waals surface area (Å²) in [5.41, 5.74) is 5.93. The molecule has 2 atom stereocenters. The monoisotopic (exact) mass is 251 g/mol. The minimum atomic E-state index is 0.538. The molecule has 1 aliphatic rings. The van der Waals surface area contributed by atoms with Gasteiger partial charge in [-0.2, -0.15) is 0 Å². The van der Waals surface area contributed by atoms with Gasteiger partial charge >= 0.3 is 0 Å². The van der Waals surface area contributed by atoms with Crippen molar-refractivity contribution in [1.82, 2.24) is 5.32 Å². The minimum absolute atomic E-state index is 0.538. The maximum absolute atomic E-state index is 3.52. The van der Waals surface area contributed by atoms with Crippen molar-refractivity contribution in [2.75, 3.05) is 7.05 Å². The molecule has 0 saturated heterocycles. The van der Waals surface area contributed by atoms with E-state index in [4.69, 9.17) is 0 Å². The third-order valence-electron chi connectivity index (χ3n) is 4.45. The maximum Gasteiger partial charge on any atom is 0.0177 e. The van der Waals surface area contributed by atoms with Gasteiger partial charge in [0.05, 0.1) is 0 Å². The fraction of sp³-hybridized carbons (Fsp3) is 0.333. The van der Waals surface area contributed by atoms with Gasteiger partial charge in [0.15, 0.2) is 0 Å². The average Bonchev–Trinajstić information content (AvgIpc) is 2.41. The van der Waals surface area contributed by atoms with Crippen molar-refractivity contribution < 1.29 is 0 Å². The normalized spacial score (nSPS) is 18.5. The number of hydrogen-bond donors (Lipinski definition) is 1. The van der Waals surface area contributed by atoms with Crippen LogP contribution >= 0.6 is 0 Å². The van der Waals surface area contributed by atoms with Crippen LogP contribution in [0, 0.1) is 6.92 Å². The molecule has 2 aromatic rings. The molecule has 0 aliphatic heterocycles. The van der Waals surface area contributed by atoms with E-state index >= 15 is 0 Å². The Kier molecular flexibility index (Phi) is 3.39. The number of likely N-dealkylation sites (N-methyl/N-ethyl adjacent to an activating group) is 1. The van der Waals surface area contributed by atoms with E-state index in [1.807, 2.05) is 0 Å². The van der Waals surface area contributed by atoms with Gasteiger partial charge in [0, 0.05) is 12.0 Å². The minimum Gasteiger partial charge on any atom is -0.316 e. The standard InChI is InChI=1S/C18H21N/c1-13-7-3-4-8-14(13)12-18(19-2)17-11-15-9-5-6-10-16(15)17/h3-10,17-19H,11-12H2,1-2H3. The lowest BCUT2D eigenvalue weighted by molar-refractivity contribution is 0.422. The first-order valence-electron chi connectivity index (χ1n) is 7.09. The van der Waals surface area contributed by atoms with Gasteiger partial charge in [0.25, 0.3) is 0 Å². The van der Waals surface area contributed by atoms with Gasteiger partial charge in [-0.15, -0.1) is 0 Å². The topological polar surface area (TPSA) is 12.0 Å². The molecule has 0 radical (unpaired) electrons. The van der Waals surface area contributed by atoms with E-state index in [-0.39, 0.29) is 0 Å². The van der Waals surface area contributed by atoms with Crippen molar-refractivity contribution in [1.29, 1.82) is 0 Å². The lowest BCUT2D eigenvalue weighted by Gasteiger charge is -2.36. The Balaban J connectivity index is 1.79. The van der Waals surface area contributed by atoms with Crippen LogP contribution in [0.2, 0.25) is 0 Å². The summed E-state index contributed by atoms with van der Waals surface area (Å²) in [6.45, 7) is 2.21. The van der Waals surface area contributed by atoms with Crippen LogP contribution in [0.5, 0.6) is 0 Å². The molecule has 0 amide bonds. The number of nitrogens with one attached hydrogen (secondary N) is 1. The summed E-state index contributed by atoms with van der Waals surface area (Å²) >= 11 is 0. The van der Waals surface area contributed by atoms with Gasteiger partial charge in [0.1, 0.15) is 0 Å². The molecule has 1 N–H and O–H groups in total. The summed E-state index contributed by atoms with van der Waals surface area (Å²) in [6.07, 6.45) is 2.33. The molecule has 0 saturated carbocycles. The molecule has 2 aromatic carbocycles. The molecule has 3 rings (SSSR count). The summed E-state index contributed by atoms with van der Waals surface area (Å²) in [5.74, 6) is 0.667. The zero-order valence-corrected chi connectivity index (χ0v) is 11.7. The third kappa shape index (κ3) is 2.31. The molecule has 0 spiro atoms. The largest absolute Gasteiger partial charge is 0.316 e. The van der Waals surface area contributed by atoms with Gasteiger partial charge in [-0.05, 0) is 49.1 Å². The Morgan fingerprint density at radius 3 is 2.58 bits per heavy atom. The van der Waals surface area contributed by atoms with E-state index in [1.54, 1.807) is 0 Å². The summed E-state index contributed by atoms with van der Waals surface area (Å²) in [6, 6.07) is 18.1. The lowest BCUT2D eigenvalue weighted by atomic mass is 9.72. The molecule has 0 fully saturated rings. The summed E-state index contributed by atoms with van der Waals surface area (Å²) < 4.78 is 0. The molecule has 0 aromatic heterocycles. The number of fused-ring (bicyclic) bond motifs is 1. The van der Waals surface area contributed by atoms with E-state index in [9.17, 15) is 0 Å². The van der Waals surface area contributed by atoms with Crippen molar-refractivity contribution >= 4 is 0 Å². The van der Waals surface area contributed by atoms with Crippen LogP contribution in [-0.4, -0.2) is 13.1 Å². The molecule has 0 bridgehead atoms. The highest BCUT2D eigenvalue weighted by molar-refractivity contribution is 5.42. The van der Waals surface area contributed by atoms with Crippen molar-refractivity contribution in [2.24, 2.45) is 0 Å². The van der Waals surface area contributed by atoms with Crippen LogP contribution in [0.15, 0.2) is 48.5 Å². The zero-order chi connectivity index (χ0) is 13.2. The Labute approximate surface area is 115 Å². The highest BCUT2D eigenvalue weighted by Crippen LogP contribution is 2.38. The molecule has 2 unspecified atom stereocenters. The fourth-order valence-electron chi connectivity index (χ4n) is 3.18. The van der Waals surface area contributed by atoms with Crippen molar-refractivity contribution in [3.8, 4) is 0 Å². The number of hydrogen-bond acceptors (Lipinski definition) is 1. The van der Waals surface area contributed by atoms with Gasteiger partial charge in [0.2, 0.25) is 0 Å². The van der Waals surface area contributed by atoms with Crippen LogP contribution in [-0.2, 0) is 12.8 Å². The quantitative estimate of drug-likeness (QED) is 0.877. The van der Waals surface area contributed by atoms with E-state index in [2.05, 4.69) is 67.8 Å². The molecule has 1 heteroatoms. The SMILES string of the molecule is CNC(Cc1ccccc1C)C1Cc2ccccc21. The predicted molar refractivity (Wildman–Crippen MR) is 80.6 cm³/mol. The first kappa shape index (κ1) is 12.4. The summed E-state index contributed by atoms with van der Waals surface area (Å²) in [5, 5.41) is 3.52. The molecule has 98 valence electrons. The second-order valence-corrected chi connectivity index (χ2v) is 5.54. The first-order valence-corrected chi connectivity index (χ1v) is 7.09. The Bertz CT molecular complexity index is 573. The molecule has 1 aliphatic carbocycles. The number of rotatable bonds is 4. The van der Waals surface area contributed by atoms with E-state index in [0.29, 0.717) is 12.0 Å². The van der Waals surface area contributed by atoms with Crippen molar-refractivity contribution in [3.05, 3.63) is 70.8 Å². The zero-order valence-electron chi connectivity index (χ0n) is 11.7. The molecular formula is C18H21N. The molecular weight excluding hydrogens is 230 g/mol. The van der Waals surface area contributed by atoms with E-state index in [1.165, 1.54) is 28.7 Å². The van der Waals surface area contributed by atoms with Gasteiger partial charge < -0.3 is 5.32 Å². The summed E-state index contributed by atoms with van der Waals surface area (Å²) in [7, 11) is 2.09. The third-order valence-corrected chi connectivity index (χ3v) is 4.45. The fourth-order valence-corrected chi connectivity index (χ4v) is 3.18. The number of aryl methyl sites for hydroxylation is 1. The van der Waals surface area contributed by atoms with Crippen LogP contribution in [0.1, 0.15) is 28.2 Å². The van der Waals surface area contributed by atoms with Crippen LogP contribution < -0.4 is 5.32 Å². The Hall–Kier alpha value is -1.60. The van der Waals surface area contributed by atoms with Crippen molar-refractivity contribution in [3.63, 3.8) is 0 Å². The van der Waals surface area contributed by atoms with Crippen LogP contribution in [0.3, 0.4) is 0 Å². The van der Waals surface area contributed by atoms with E-state index in [0.717, 1.165) is 6.42 Å². The van der Waals surface area contributed by atoms with Crippen LogP contribution in [0.25, 0.3) is 0 Å². The number of benzene rings is 2.